The molecular weight excluding hydrogens is 268 g/mol. The number of H-pyrrole nitrogens is 1. The molecule has 1 aromatic heterocycles. The van der Waals surface area contributed by atoms with Gasteiger partial charge in [0.05, 0.1) is 23.4 Å². The zero-order chi connectivity index (χ0) is 15.4. The van der Waals surface area contributed by atoms with Crippen LogP contribution >= 0.6 is 0 Å². The van der Waals surface area contributed by atoms with E-state index in [-0.39, 0.29) is 10.6 Å². The van der Waals surface area contributed by atoms with Gasteiger partial charge >= 0.3 is 0 Å². The van der Waals surface area contributed by atoms with Gasteiger partial charge in [-0.1, -0.05) is 26.0 Å². The van der Waals surface area contributed by atoms with Crippen LogP contribution in [-0.2, 0) is 6.54 Å². The maximum atomic E-state index is 11.0. The minimum absolute atomic E-state index is 0.126. The van der Waals surface area contributed by atoms with Gasteiger partial charge in [0.25, 0.3) is 5.69 Å². The van der Waals surface area contributed by atoms with Crippen LogP contribution in [0.1, 0.15) is 25.2 Å². The lowest BCUT2D eigenvalue weighted by Gasteiger charge is -2.05. The Balaban J connectivity index is 2.14. The van der Waals surface area contributed by atoms with Crippen molar-refractivity contribution in [2.24, 2.45) is 5.92 Å². The molecule has 0 bridgehead atoms. The molecule has 0 amide bonds. The molecule has 0 saturated carbocycles. The Bertz CT molecular complexity index is 634. The van der Waals surface area contributed by atoms with Gasteiger partial charge in [0.2, 0.25) is 0 Å². The Morgan fingerprint density at radius 1 is 1.43 bits per heavy atom. The fraction of sp³-hybridized carbons (Fsp3) is 0.400. The Kier molecular flexibility index (Phi) is 4.70. The van der Waals surface area contributed by atoms with Gasteiger partial charge in [-0.2, -0.15) is 0 Å². The van der Waals surface area contributed by atoms with Crippen molar-refractivity contribution in [2.75, 3.05) is 6.54 Å². The van der Waals surface area contributed by atoms with Crippen molar-refractivity contribution in [3.8, 4) is 11.3 Å². The molecule has 1 aromatic carbocycles. The predicted molar refractivity (Wildman–Crippen MR) is 82.0 cm³/mol. The summed E-state index contributed by atoms with van der Waals surface area (Å²) in [4.78, 5) is 18.1. The number of nitrogens with zero attached hydrogens (tertiary/aromatic N) is 2. The van der Waals surface area contributed by atoms with Gasteiger partial charge in [-0.15, -0.1) is 0 Å². The van der Waals surface area contributed by atoms with E-state index in [2.05, 4.69) is 29.1 Å². The van der Waals surface area contributed by atoms with Crippen molar-refractivity contribution >= 4 is 5.69 Å². The van der Waals surface area contributed by atoms with Gasteiger partial charge in [-0.25, -0.2) is 4.98 Å². The number of imidazole rings is 1. The quantitative estimate of drug-likeness (QED) is 0.632. The highest BCUT2D eigenvalue weighted by molar-refractivity contribution is 5.63. The van der Waals surface area contributed by atoms with Crippen LogP contribution in [0.2, 0.25) is 0 Å². The SMILES string of the molecule is Cc1ccc(-c2cnc(CNCC(C)C)[nH]2)cc1[N+](=O)[O-]. The van der Waals surface area contributed by atoms with Crippen LogP contribution in [0.3, 0.4) is 0 Å². The van der Waals surface area contributed by atoms with Gasteiger partial charge in [0, 0.05) is 17.2 Å². The highest BCUT2D eigenvalue weighted by atomic mass is 16.6. The van der Waals surface area contributed by atoms with E-state index in [1.165, 1.54) is 0 Å². The summed E-state index contributed by atoms with van der Waals surface area (Å²) in [6.07, 6.45) is 1.71. The molecule has 0 aliphatic carbocycles. The lowest BCUT2D eigenvalue weighted by atomic mass is 10.1. The third-order valence-electron chi connectivity index (χ3n) is 3.19. The molecular formula is C15H20N4O2. The smallest absolute Gasteiger partial charge is 0.272 e. The normalized spacial score (nSPS) is 11.0. The molecule has 0 spiro atoms. The average Bonchev–Trinajstić information content (AvgIpc) is 2.87. The Hall–Kier alpha value is -2.21. The second-order valence-corrected chi connectivity index (χ2v) is 5.53. The molecule has 0 saturated heterocycles. The molecule has 0 radical (unpaired) electrons. The summed E-state index contributed by atoms with van der Waals surface area (Å²) in [5.41, 5.74) is 2.35. The summed E-state index contributed by atoms with van der Waals surface area (Å²) in [5.74, 6) is 1.41. The maximum absolute atomic E-state index is 11.0. The second kappa shape index (κ2) is 6.49. The first-order chi connectivity index (χ1) is 9.97. The summed E-state index contributed by atoms with van der Waals surface area (Å²) in [6, 6.07) is 5.19. The van der Waals surface area contributed by atoms with Gasteiger partial charge in [-0.3, -0.25) is 10.1 Å². The number of aryl methyl sites for hydroxylation is 1. The first-order valence-electron chi connectivity index (χ1n) is 6.97. The number of nitro groups is 1. The molecule has 21 heavy (non-hydrogen) atoms. The first kappa shape index (κ1) is 15.2. The van der Waals surface area contributed by atoms with E-state index < -0.39 is 0 Å². The molecule has 1 heterocycles. The number of nitrogens with one attached hydrogen (secondary N) is 2. The van der Waals surface area contributed by atoms with Gasteiger partial charge in [0.15, 0.2) is 0 Å². The second-order valence-electron chi connectivity index (χ2n) is 5.53. The zero-order valence-corrected chi connectivity index (χ0v) is 12.5. The molecule has 112 valence electrons. The summed E-state index contributed by atoms with van der Waals surface area (Å²) in [5, 5.41) is 14.3. The summed E-state index contributed by atoms with van der Waals surface area (Å²) in [7, 11) is 0. The lowest BCUT2D eigenvalue weighted by Crippen LogP contribution is -2.19. The Morgan fingerprint density at radius 3 is 2.86 bits per heavy atom. The number of hydrogen-bond acceptors (Lipinski definition) is 4. The third-order valence-corrected chi connectivity index (χ3v) is 3.19. The number of benzene rings is 1. The molecule has 6 heteroatoms. The van der Waals surface area contributed by atoms with Crippen molar-refractivity contribution < 1.29 is 4.92 Å². The highest BCUT2D eigenvalue weighted by Gasteiger charge is 2.13. The Morgan fingerprint density at radius 2 is 2.19 bits per heavy atom. The standard InChI is InChI=1S/C15H20N4O2/c1-10(2)7-16-9-15-17-8-13(18-15)12-5-4-11(3)14(6-12)19(20)21/h4-6,8,10,16H,7,9H2,1-3H3,(H,17,18). The maximum Gasteiger partial charge on any atom is 0.272 e. The summed E-state index contributed by atoms with van der Waals surface area (Å²) in [6.45, 7) is 7.60. The highest BCUT2D eigenvalue weighted by Crippen LogP contribution is 2.25. The minimum Gasteiger partial charge on any atom is -0.341 e. The van der Waals surface area contributed by atoms with Gasteiger partial charge in [-0.05, 0) is 19.4 Å². The molecule has 2 aromatic rings. The van der Waals surface area contributed by atoms with Crippen molar-refractivity contribution in [1.82, 2.24) is 15.3 Å². The fourth-order valence-electron chi connectivity index (χ4n) is 2.05. The van der Waals surface area contributed by atoms with Crippen LogP contribution in [0.5, 0.6) is 0 Å². The minimum atomic E-state index is -0.361. The van der Waals surface area contributed by atoms with Crippen molar-refractivity contribution in [2.45, 2.75) is 27.3 Å². The number of aromatic amines is 1. The van der Waals surface area contributed by atoms with Crippen LogP contribution in [-0.4, -0.2) is 21.4 Å². The number of nitro benzene ring substituents is 1. The molecule has 2 rings (SSSR count). The van der Waals surface area contributed by atoms with Crippen LogP contribution in [0.4, 0.5) is 5.69 Å². The fourth-order valence-corrected chi connectivity index (χ4v) is 2.05. The molecule has 0 fully saturated rings. The molecule has 0 aliphatic heterocycles. The van der Waals surface area contributed by atoms with E-state index in [0.717, 1.165) is 23.6 Å². The average molecular weight is 288 g/mol. The van der Waals surface area contributed by atoms with Crippen molar-refractivity contribution in [3.63, 3.8) is 0 Å². The van der Waals surface area contributed by atoms with Crippen molar-refractivity contribution in [3.05, 3.63) is 45.9 Å². The van der Waals surface area contributed by atoms with E-state index in [0.29, 0.717) is 18.0 Å². The number of aromatic nitrogens is 2. The molecule has 6 nitrogen and oxygen atoms in total. The van der Waals surface area contributed by atoms with Gasteiger partial charge in [0.1, 0.15) is 5.82 Å². The van der Waals surface area contributed by atoms with Crippen molar-refractivity contribution in [1.29, 1.82) is 0 Å². The third kappa shape index (κ3) is 3.88. The topological polar surface area (TPSA) is 83.8 Å². The van der Waals surface area contributed by atoms with E-state index in [1.54, 1.807) is 25.3 Å². The van der Waals surface area contributed by atoms with Crippen LogP contribution in [0, 0.1) is 23.0 Å². The van der Waals surface area contributed by atoms with Crippen LogP contribution < -0.4 is 5.32 Å². The van der Waals surface area contributed by atoms with Crippen LogP contribution in [0.15, 0.2) is 24.4 Å². The predicted octanol–water partition coefficient (Wildman–Crippen LogP) is 3.04. The van der Waals surface area contributed by atoms with E-state index in [1.807, 2.05) is 6.07 Å². The van der Waals surface area contributed by atoms with E-state index in [9.17, 15) is 10.1 Å². The lowest BCUT2D eigenvalue weighted by molar-refractivity contribution is -0.385. The van der Waals surface area contributed by atoms with Gasteiger partial charge < -0.3 is 10.3 Å². The molecule has 2 N–H and O–H groups in total. The number of hydrogen-bond donors (Lipinski definition) is 2. The molecule has 0 aliphatic rings. The van der Waals surface area contributed by atoms with E-state index >= 15 is 0 Å². The molecule has 0 unspecified atom stereocenters. The monoisotopic (exact) mass is 288 g/mol. The Labute approximate surface area is 123 Å². The number of rotatable bonds is 6. The van der Waals surface area contributed by atoms with E-state index in [4.69, 9.17) is 0 Å². The molecule has 0 atom stereocenters. The summed E-state index contributed by atoms with van der Waals surface area (Å²) < 4.78 is 0. The zero-order valence-electron chi connectivity index (χ0n) is 12.5. The first-order valence-corrected chi connectivity index (χ1v) is 6.97. The summed E-state index contributed by atoms with van der Waals surface area (Å²) >= 11 is 0. The largest absolute Gasteiger partial charge is 0.341 e. The van der Waals surface area contributed by atoms with Crippen LogP contribution in [0.25, 0.3) is 11.3 Å².